The number of aliphatic carboxylic acids is 1. The van der Waals surface area contributed by atoms with Crippen LogP contribution in [-0.4, -0.2) is 26.8 Å². The first-order valence-electron chi connectivity index (χ1n) is 4.38. The van der Waals surface area contributed by atoms with Gasteiger partial charge in [-0.3, -0.25) is 4.79 Å². The van der Waals surface area contributed by atoms with Gasteiger partial charge in [-0.15, -0.1) is 0 Å². The summed E-state index contributed by atoms with van der Waals surface area (Å²) in [5.41, 5.74) is -0.653. The van der Waals surface area contributed by atoms with E-state index in [1.807, 2.05) is 0 Å². The van der Waals surface area contributed by atoms with Crippen LogP contribution in [0.3, 0.4) is 0 Å². The Morgan fingerprint density at radius 2 is 2.43 bits per heavy atom. The summed E-state index contributed by atoms with van der Waals surface area (Å²) in [6.45, 7) is 3.47. The lowest BCUT2D eigenvalue weighted by molar-refractivity contribution is -0.146. The molecule has 0 bridgehead atoms. The van der Waals surface area contributed by atoms with E-state index < -0.39 is 11.4 Å². The molecule has 0 fully saturated rings. The number of nitrogens with zero attached hydrogens (tertiary/aromatic N) is 1. The molecule has 1 aromatic heterocycles. The third kappa shape index (κ3) is 3.06. The Labute approximate surface area is 87.1 Å². The van der Waals surface area contributed by atoms with E-state index in [2.05, 4.69) is 9.97 Å². The fourth-order valence-electron chi connectivity index (χ4n) is 0.840. The van der Waals surface area contributed by atoms with Crippen molar-refractivity contribution in [3.63, 3.8) is 0 Å². The lowest BCUT2D eigenvalue weighted by atomic mass is 9.91. The molecule has 1 aromatic rings. The van der Waals surface area contributed by atoms with Crippen LogP contribution in [0.25, 0.3) is 0 Å². The smallest absolute Gasteiger partial charge is 0.309 e. The number of hydrogen-bond donors (Lipinski definition) is 2. The predicted molar refractivity (Wildman–Crippen MR) is 55.3 cm³/mol. The van der Waals surface area contributed by atoms with Crippen LogP contribution in [0, 0.1) is 5.41 Å². The molecule has 1 heterocycles. The molecular formula is C9H14N2O2S. The standard InChI is InChI=1S/C9H14N2O2S/c1-9(2,7(12)13)3-6-14-8-10-4-5-11-8/h4-5H,3,6H2,1-2H3,(H,10,11)(H,12,13). The van der Waals surface area contributed by atoms with Crippen molar-refractivity contribution in [3.05, 3.63) is 12.4 Å². The van der Waals surface area contributed by atoms with E-state index in [0.717, 1.165) is 10.9 Å². The zero-order valence-corrected chi connectivity index (χ0v) is 9.10. The van der Waals surface area contributed by atoms with Crippen LogP contribution in [-0.2, 0) is 4.79 Å². The maximum Gasteiger partial charge on any atom is 0.309 e. The van der Waals surface area contributed by atoms with E-state index in [1.54, 1.807) is 38.0 Å². The maximum absolute atomic E-state index is 10.8. The Morgan fingerprint density at radius 3 is 2.93 bits per heavy atom. The summed E-state index contributed by atoms with van der Waals surface area (Å²) in [5, 5.41) is 9.70. The molecule has 78 valence electrons. The second-order valence-corrected chi connectivity index (χ2v) is 4.77. The maximum atomic E-state index is 10.8. The Morgan fingerprint density at radius 1 is 1.71 bits per heavy atom. The van der Waals surface area contributed by atoms with Crippen LogP contribution in [0.1, 0.15) is 20.3 Å². The van der Waals surface area contributed by atoms with Gasteiger partial charge in [0.05, 0.1) is 5.41 Å². The monoisotopic (exact) mass is 214 g/mol. The van der Waals surface area contributed by atoms with Crippen molar-refractivity contribution in [2.45, 2.75) is 25.4 Å². The summed E-state index contributed by atoms with van der Waals surface area (Å²) in [7, 11) is 0. The third-order valence-corrected chi connectivity index (χ3v) is 2.92. The molecule has 0 amide bonds. The van der Waals surface area contributed by atoms with Gasteiger partial charge in [-0.25, -0.2) is 4.98 Å². The highest BCUT2D eigenvalue weighted by Gasteiger charge is 2.26. The highest BCUT2D eigenvalue weighted by Crippen LogP contribution is 2.24. The number of carboxylic acid groups (broad SMARTS) is 1. The number of H-pyrrole nitrogens is 1. The van der Waals surface area contributed by atoms with Crippen LogP contribution in [0.2, 0.25) is 0 Å². The molecule has 0 aromatic carbocycles. The van der Waals surface area contributed by atoms with Gasteiger partial charge >= 0.3 is 5.97 Å². The van der Waals surface area contributed by atoms with Crippen LogP contribution >= 0.6 is 11.8 Å². The third-order valence-electron chi connectivity index (χ3n) is 2.02. The minimum absolute atomic E-state index is 0.633. The van der Waals surface area contributed by atoms with E-state index in [0.29, 0.717) is 6.42 Å². The fourth-order valence-corrected chi connectivity index (χ4v) is 1.93. The molecule has 0 radical (unpaired) electrons. The van der Waals surface area contributed by atoms with Crippen molar-refractivity contribution in [1.29, 1.82) is 0 Å². The second kappa shape index (κ2) is 4.50. The lowest BCUT2D eigenvalue weighted by Crippen LogP contribution is -2.24. The molecule has 0 unspecified atom stereocenters. The number of rotatable bonds is 5. The summed E-state index contributed by atoms with van der Waals surface area (Å²) < 4.78 is 0. The van der Waals surface area contributed by atoms with Crippen molar-refractivity contribution in [3.8, 4) is 0 Å². The first-order valence-corrected chi connectivity index (χ1v) is 5.36. The van der Waals surface area contributed by atoms with Crippen LogP contribution in [0.5, 0.6) is 0 Å². The second-order valence-electron chi connectivity index (χ2n) is 3.68. The normalized spacial score (nSPS) is 11.6. The molecule has 5 heteroatoms. The van der Waals surface area contributed by atoms with Gasteiger partial charge in [0.25, 0.3) is 0 Å². The van der Waals surface area contributed by atoms with Gasteiger partial charge < -0.3 is 10.1 Å². The number of carbonyl (C=O) groups is 1. The van der Waals surface area contributed by atoms with Gasteiger partial charge in [0, 0.05) is 18.1 Å². The molecule has 1 rings (SSSR count). The summed E-state index contributed by atoms with van der Waals surface area (Å²) in [5.74, 6) is 0.00449. The summed E-state index contributed by atoms with van der Waals surface area (Å²) in [4.78, 5) is 17.8. The molecule has 0 saturated carbocycles. The molecule has 0 aliphatic rings. The fraction of sp³-hybridized carbons (Fsp3) is 0.556. The first kappa shape index (κ1) is 11.1. The molecule has 0 aliphatic carbocycles. The Balaban J connectivity index is 2.31. The van der Waals surface area contributed by atoms with Crippen molar-refractivity contribution >= 4 is 17.7 Å². The van der Waals surface area contributed by atoms with Crippen molar-refractivity contribution in [2.75, 3.05) is 5.75 Å². The lowest BCUT2D eigenvalue weighted by Gasteiger charge is -2.17. The zero-order chi connectivity index (χ0) is 10.6. The quantitative estimate of drug-likeness (QED) is 0.736. The average Bonchev–Trinajstić information content (AvgIpc) is 2.56. The molecule has 0 spiro atoms. The summed E-state index contributed by atoms with van der Waals surface area (Å²) >= 11 is 1.54. The van der Waals surface area contributed by atoms with Crippen LogP contribution in [0.15, 0.2) is 17.6 Å². The molecule has 4 nitrogen and oxygen atoms in total. The van der Waals surface area contributed by atoms with Gasteiger partial charge in [-0.1, -0.05) is 11.8 Å². The minimum atomic E-state index is -0.752. The highest BCUT2D eigenvalue weighted by atomic mass is 32.2. The van der Waals surface area contributed by atoms with Crippen molar-refractivity contribution in [2.24, 2.45) is 5.41 Å². The number of nitrogens with one attached hydrogen (secondary N) is 1. The number of hydrogen-bond acceptors (Lipinski definition) is 3. The van der Waals surface area contributed by atoms with E-state index in [-0.39, 0.29) is 0 Å². The summed E-state index contributed by atoms with van der Waals surface area (Å²) in [6, 6.07) is 0. The molecule has 0 saturated heterocycles. The highest BCUT2D eigenvalue weighted by molar-refractivity contribution is 7.99. The number of carboxylic acids is 1. The topological polar surface area (TPSA) is 66.0 Å². The number of aromatic amines is 1. The molecule has 0 atom stereocenters. The van der Waals surface area contributed by atoms with Gasteiger partial charge in [-0.05, 0) is 20.3 Å². The molecule has 2 N–H and O–H groups in total. The van der Waals surface area contributed by atoms with E-state index in [9.17, 15) is 4.79 Å². The number of aromatic nitrogens is 2. The van der Waals surface area contributed by atoms with Gasteiger partial charge in [0.1, 0.15) is 0 Å². The number of thioether (sulfide) groups is 1. The Bertz CT molecular complexity index is 296. The molecule has 0 aliphatic heterocycles. The molecule has 14 heavy (non-hydrogen) atoms. The van der Waals surface area contributed by atoms with Crippen molar-refractivity contribution in [1.82, 2.24) is 9.97 Å². The first-order chi connectivity index (χ1) is 6.52. The largest absolute Gasteiger partial charge is 0.481 e. The Hall–Kier alpha value is -0.970. The van der Waals surface area contributed by atoms with E-state index >= 15 is 0 Å². The van der Waals surface area contributed by atoms with Gasteiger partial charge in [0.15, 0.2) is 5.16 Å². The van der Waals surface area contributed by atoms with Gasteiger partial charge in [0.2, 0.25) is 0 Å². The summed E-state index contributed by atoms with van der Waals surface area (Å²) in [6.07, 6.45) is 4.07. The minimum Gasteiger partial charge on any atom is -0.481 e. The average molecular weight is 214 g/mol. The van der Waals surface area contributed by atoms with Crippen molar-refractivity contribution < 1.29 is 9.90 Å². The predicted octanol–water partition coefficient (Wildman–Crippen LogP) is 2.00. The van der Waals surface area contributed by atoms with Crippen LogP contribution in [0.4, 0.5) is 0 Å². The van der Waals surface area contributed by atoms with E-state index in [4.69, 9.17) is 5.11 Å². The van der Waals surface area contributed by atoms with Gasteiger partial charge in [-0.2, -0.15) is 0 Å². The van der Waals surface area contributed by atoms with Crippen LogP contribution < -0.4 is 0 Å². The zero-order valence-electron chi connectivity index (χ0n) is 8.28. The number of imidazole rings is 1. The van der Waals surface area contributed by atoms with E-state index in [1.165, 1.54) is 0 Å². The molecular weight excluding hydrogens is 200 g/mol. The Kier molecular flexibility index (Phi) is 3.57. The SMILES string of the molecule is CC(C)(CCSc1ncc[nH]1)C(=O)O.